The fourth-order valence-electron chi connectivity index (χ4n) is 4.30. The van der Waals surface area contributed by atoms with Gasteiger partial charge in [-0.25, -0.2) is 0 Å². The minimum absolute atomic E-state index is 0.0126. The van der Waals surface area contributed by atoms with Crippen molar-refractivity contribution in [3.63, 3.8) is 0 Å². The third kappa shape index (κ3) is 29.2. The van der Waals surface area contributed by atoms with Crippen molar-refractivity contribution < 1.29 is 32.9 Å². The van der Waals surface area contributed by atoms with Crippen molar-refractivity contribution in [1.29, 1.82) is 0 Å². The summed E-state index contributed by atoms with van der Waals surface area (Å²) in [6.45, 7) is 4.31. The van der Waals surface area contributed by atoms with E-state index in [2.05, 4.69) is 42.6 Å². The lowest BCUT2D eigenvalue weighted by atomic mass is 10.1. The summed E-state index contributed by atoms with van der Waals surface area (Å²) in [4.78, 5) is 25.0. The zero-order valence-electron chi connectivity index (χ0n) is 28.6. The number of phosphoric acid groups is 1. The monoisotopic (exact) mass is 640 g/mol. The van der Waals surface area contributed by atoms with E-state index < -0.39 is 26.6 Å². The number of rotatable bonds is 29. The highest BCUT2D eigenvalue weighted by molar-refractivity contribution is 7.45. The number of carbonyl (C=O) groups is 1. The molecule has 3 unspecified atom stereocenters. The van der Waals surface area contributed by atoms with E-state index in [4.69, 9.17) is 9.05 Å². The quantitative estimate of drug-likeness (QED) is 0.0378. The molecule has 0 aliphatic carbocycles. The molecule has 0 saturated heterocycles. The molecular weight excluding hydrogens is 575 g/mol. The fourth-order valence-corrected chi connectivity index (χ4v) is 5.02. The van der Waals surface area contributed by atoms with E-state index in [9.17, 15) is 19.4 Å². The Balaban J connectivity index is 4.65. The van der Waals surface area contributed by atoms with Gasteiger partial charge in [0.1, 0.15) is 13.2 Å². The summed E-state index contributed by atoms with van der Waals surface area (Å²) in [7, 11) is 1.21. The predicted octanol–water partition coefficient (Wildman–Crippen LogP) is 7.55. The summed E-state index contributed by atoms with van der Waals surface area (Å²) in [5.41, 5.74) is 0. The van der Waals surface area contributed by atoms with Gasteiger partial charge in [-0.15, -0.1) is 0 Å². The molecule has 3 atom stereocenters. The van der Waals surface area contributed by atoms with E-state index in [0.717, 1.165) is 64.2 Å². The predicted molar refractivity (Wildman–Crippen MR) is 182 cm³/mol. The van der Waals surface area contributed by atoms with Crippen molar-refractivity contribution in [3.8, 4) is 0 Å². The van der Waals surface area contributed by atoms with E-state index >= 15 is 0 Å². The number of aliphatic hydroxyl groups excluding tert-OH is 1. The lowest BCUT2D eigenvalue weighted by Crippen LogP contribution is -2.45. The first kappa shape index (κ1) is 42.5. The number of likely N-dealkylation sites (N-methyl/N-ethyl adjacent to an activating group) is 1. The Bertz CT molecular complexity index is 866. The van der Waals surface area contributed by atoms with Gasteiger partial charge in [-0.1, -0.05) is 94.1 Å². The Kier molecular flexibility index (Phi) is 26.8. The maximum absolute atomic E-state index is 12.7. The first-order valence-corrected chi connectivity index (χ1v) is 18.4. The average molecular weight is 641 g/mol. The molecule has 9 heteroatoms. The zero-order valence-corrected chi connectivity index (χ0v) is 29.5. The van der Waals surface area contributed by atoms with E-state index in [1.54, 1.807) is 6.08 Å². The van der Waals surface area contributed by atoms with E-state index in [0.29, 0.717) is 17.4 Å². The van der Waals surface area contributed by atoms with Gasteiger partial charge in [0, 0.05) is 6.42 Å². The Morgan fingerprint density at radius 3 is 1.98 bits per heavy atom. The van der Waals surface area contributed by atoms with Crippen LogP contribution in [0.3, 0.4) is 0 Å². The molecule has 44 heavy (non-hydrogen) atoms. The van der Waals surface area contributed by atoms with Crippen LogP contribution in [0.15, 0.2) is 48.6 Å². The molecule has 0 fully saturated rings. The summed E-state index contributed by atoms with van der Waals surface area (Å²) in [5.74, 6) is -0.229. The largest absolute Gasteiger partial charge is 0.756 e. The van der Waals surface area contributed by atoms with Crippen molar-refractivity contribution in [3.05, 3.63) is 48.6 Å². The number of amides is 1. The van der Waals surface area contributed by atoms with Gasteiger partial charge in [-0.2, -0.15) is 0 Å². The lowest BCUT2D eigenvalue weighted by molar-refractivity contribution is -0.870. The second kappa shape index (κ2) is 27.7. The number of unbranched alkanes of at least 4 members (excludes halogenated alkanes) is 11. The van der Waals surface area contributed by atoms with Crippen LogP contribution in [-0.2, 0) is 18.4 Å². The van der Waals surface area contributed by atoms with Crippen molar-refractivity contribution in [1.82, 2.24) is 5.32 Å². The molecule has 0 aliphatic heterocycles. The van der Waals surface area contributed by atoms with Crippen molar-refractivity contribution in [2.75, 3.05) is 40.9 Å². The van der Waals surface area contributed by atoms with Gasteiger partial charge in [0.15, 0.2) is 0 Å². The summed E-state index contributed by atoms with van der Waals surface area (Å²) in [6, 6.07) is -0.909. The highest BCUT2D eigenvalue weighted by atomic mass is 31.2. The van der Waals surface area contributed by atoms with E-state index in [1.807, 2.05) is 40.2 Å². The number of quaternary nitrogens is 1. The van der Waals surface area contributed by atoms with Crippen molar-refractivity contribution in [2.45, 2.75) is 129 Å². The van der Waals surface area contributed by atoms with Crippen LogP contribution in [0.4, 0.5) is 0 Å². The van der Waals surface area contributed by atoms with E-state index in [1.165, 1.54) is 32.1 Å². The Morgan fingerprint density at radius 2 is 1.36 bits per heavy atom. The van der Waals surface area contributed by atoms with Crippen LogP contribution in [0, 0.1) is 0 Å². The Morgan fingerprint density at radius 1 is 0.818 bits per heavy atom. The third-order valence-corrected chi connectivity index (χ3v) is 8.05. The van der Waals surface area contributed by atoms with Gasteiger partial charge in [0.25, 0.3) is 7.82 Å². The molecule has 0 bridgehead atoms. The highest BCUT2D eigenvalue weighted by Gasteiger charge is 2.23. The fraction of sp³-hybridized carbons (Fsp3) is 0.743. The van der Waals surface area contributed by atoms with Crippen molar-refractivity contribution in [2.24, 2.45) is 0 Å². The molecule has 256 valence electrons. The van der Waals surface area contributed by atoms with Gasteiger partial charge in [0.2, 0.25) is 5.91 Å². The second-order valence-electron chi connectivity index (χ2n) is 12.5. The van der Waals surface area contributed by atoms with Gasteiger partial charge in [0.05, 0.1) is 39.9 Å². The van der Waals surface area contributed by atoms with Crippen LogP contribution in [-0.4, -0.2) is 68.5 Å². The van der Waals surface area contributed by atoms with Crippen LogP contribution >= 0.6 is 7.82 Å². The first-order valence-electron chi connectivity index (χ1n) is 17.0. The maximum atomic E-state index is 12.7. The first-order chi connectivity index (χ1) is 21.0. The third-order valence-electron chi connectivity index (χ3n) is 7.08. The normalized spacial score (nSPS) is 15.5. The zero-order chi connectivity index (χ0) is 32.9. The van der Waals surface area contributed by atoms with Crippen LogP contribution in [0.2, 0.25) is 0 Å². The molecule has 0 heterocycles. The number of nitrogens with zero attached hydrogens (tertiary/aromatic N) is 1. The van der Waals surface area contributed by atoms with Gasteiger partial charge < -0.3 is 28.8 Å². The minimum atomic E-state index is -4.58. The molecule has 0 spiro atoms. The molecule has 0 saturated carbocycles. The molecule has 0 aromatic rings. The van der Waals surface area contributed by atoms with Gasteiger partial charge in [-0.05, 0) is 64.7 Å². The standard InChI is InChI=1S/C35H65N2O6P/c1-6-8-10-12-14-16-17-18-19-21-23-25-27-29-35(39)36-33(32-43-44(40,41)42-31-30-37(3,4)5)34(38)28-26-24-22-20-15-13-11-9-7-2/h7,9,15-17,20,26,28,33-34,38H,6,8,10-14,18-19,21-25,27,29-32H2,1-5H3,(H-,36,39,40,41)/b9-7+,17-16-,20-15+,28-26+. The molecule has 0 aromatic carbocycles. The topological polar surface area (TPSA) is 108 Å². The van der Waals surface area contributed by atoms with Crippen molar-refractivity contribution >= 4 is 13.7 Å². The molecular formula is C35H65N2O6P. The van der Waals surface area contributed by atoms with Gasteiger partial charge >= 0.3 is 0 Å². The number of hydrogen-bond donors (Lipinski definition) is 2. The SMILES string of the molecule is C/C=C/CC/C=C/CC/C=C/C(O)C(COP(=O)([O-])OCC[N+](C)(C)C)NC(=O)CCCCCCC/C=C\CCCCCC. The Labute approximate surface area is 269 Å². The number of allylic oxidation sites excluding steroid dienone is 7. The molecule has 0 aliphatic rings. The number of aliphatic hydroxyl groups is 1. The molecule has 0 rings (SSSR count). The molecule has 2 N–H and O–H groups in total. The second-order valence-corrected chi connectivity index (χ2v) is 13.9. The smallest absolute Gasteiger partial charge is 0.268 e. The average Bonchev–Trinajstić information content (AvgIpc) is 2.95. The lowest BCUT2D eigenvalue weighted by Gasteiger charge is -2.29. The highest BCUT2D eigenvalue weighted by Crippen LogP contribution is 2.38. The Hall–Kier alpha value is -1.54. The molecule has 0 aromatic heterocycles. The summed E-state index contributed by atoms with van der Waals surface area (Å²) in [6.07, 6.45) is 31.8. The number of carbonyl (C=O) groups excluding carboxylic acids is 1. The summed E-state index contributed by atoms with van der Waals surface area (Å²) < 4.78 is 22.9. The number of nitrogens with one attached hydrogen (secondary N) is 1. The van der Waals surface area contributed by atoms with E-state index in [-0.39, 0.29) is 12.5 Å². The van der Waals surface area contributed by atoms with Crippen LogP contribution < -0.4 is 10.2 Å². The van der Waals surface area contributed by atoms with Gasteiger partial charge in [-0.3, -0.25) is 9.36 Å². The van der Waals surface area contributed by atoms with Crippen LogP contribution in [0.25, 0.3) is 0 Å². The van der Waals surface area contributed by atoms with Crippen LogP contribution in [0.5, 0.6) is 0 Å². The van der Waals surface area contributed by atoms with Crippen LogP contribution in [0.1, 0.15) is 117 Å². The minimum Gasteiger partial charge on any atom is -0.756 e. The number of hydrogen-bond acceptors (Lipinski definition) is 6. The molecule has 1 amide bonds. The summed E-state index contributed by atoms with van der Waals surface area (Å²) >= 11 is 0. The molecule has 0 radical (unpaired) electrons. The molecule has 8 nitrogen and oxygen atoms in total. The summed E-state index contributed by atoms with van der Waals surface area (Å²) in [5, 5.41) is 13.6. The maximum Gasteiger partial charge on any atom is 0.268 e. The number of phosphoric ester groups is 1.